The normalized spacial score (nSPS) is 9.86. The molecule has 0 bridgehead atoms. The van der Waals surface area contributed by atoms with E-state index in [2.05, 4.69) is 10.6 Å². The van der Waals surface area contributed by atoms with Crippen LogP contribution in [-0.2, 0) is 9.59 Å². The first-order valence-electron chi connectivity index (χ1n) is 6.81. The molecular weight excluding hydrogens is 280 g/mol. The van der Waals surface area contributed by atoms with Crippen molar-refractivity contribution < 1.29 is 14.4 Å². The van der Waals surface area contributed by atoms with Gasteiger partial charge in [-0.15, -0.1) is 0 Å². The lowest BCUT2D eigenvalue weighted by Crippen LogP contribution is -2.31. The second-order valence-corrected chi connectivity index (χ2v) is 4.70. The number of amides is 2. The van der Waals surface area contributed by atoms with Crippen molar-refractivity contribution in [2.45, 2.75) is 6.92 Å². The summed E-state index contributed by atoms with van der Waals surface area (Å²) in [5, 5.41) is 5.05. The molecule has 22 heavy (non-hydrogen) atoms. The van der Waals surface area contributed by atoms with Crippen molar-refractivity contribution in [2.24, 2.45) is 0 Å². The molecule has 0 aromatic heterocycles. The summed E-state index contributed by atoms with van der Waals surface area (Å²) in [4.78, 5) is 35.1. The first kappa shape index (κ1) is 15.4. The summed E-state index contributed by atoms with van der Waals surface area (Å²) in [6.07, 6.45) is 0. The van der Waals surface area contributed by atoms with Crippen LogP contribution >= 0.6 is 0 Å². The fourth-order valence-electron chi connectivity index (χ4n) is 1.93. The highest BCUT2D eigenvalue weighted by molar-refractivity contribution is 6.14. The second kappa shape index (κ2) is 7.17. The largest absolute Gasteiger partial charge is 0.347 e. The summed E-state index contributed by atoms with van der Waals surface area (Å²) in [6, 6.07) is 15.6. The smallest absolute Gasteiger partial charge is 0.243 e. The van der Waals surface area contributed by atoms with Gasteiger partial charge in [0.2, 0.25) is 11.8 Å². The van der Waals surface area contributed by atoms with Gasteiger partial charge >= 0.3 is 0 Å². The van der Waals surface area contributed by atoms with E-state index in [1.165, 1.54) is 6.92 Å². The summed E-state index contributed by atoms with van der Waals surface area (Å²) >= 11 is 0. The maximum atomic E-state index is 12.5. The van der Waals surface area contributed by atoms with E-state index in [-0.39, 0.29) is 24.1 Å². The van der Waals surface area contributed by atoms with Gasteiger partial charge in [0.1, 0.15) is 0 Å². The molecule has 2 aromatic rings. The minimum Gasteiger partial charge on any atom is -0.347 e. The van der Waals surface area contributed by atoms with Gasteiger partial charge in [0.25, 0.3) is 0 Å². The second-order valence-electron chi connectivity index (χ2n) is 4.70. The van der Waals surface area contributed by atoms with Crippen LogP contribution in [0.4, 0.5) is 5.69 Å². The lowest BCUT2D eigenvalue weighted by Gasteiger charge is -2.10. The number of hydrogen-bond donors (Lipinski definition) is 2. The molecule has 0 aliphatic heterocycles. The van der Waals surface area contributed by atoms with Crippen LogP contribution in [0.1, 0.15) is 22.8 Å². The Kier molecular flexibility index (Phi) is 5.03. The Hall–Kier alpha value is -2.95. The third-order valence-corrected chi connectivity index (χ3v) is 2.98. The van der Waals surface area contributed by atoms with Crippen LogP contribution in [0.3, 0.4) is 0 Å². The van der Waals surface area contributed by atoms with Crippen LogP contribution in [0.2, 0.25) is 0 Å². The highest BCUT2D eigenvalue weighted by Gasteiger charge is 2.14. The van der Waals surface area contributed by atoms with Crippen molar-refractivity contribution in [1.82, 2.24) is 5.32 Å². The molecule has 0 aliphatic carbocycles. The predicted octanol–water partition coefficient (Wildman–Crippen LogP) is 1.99. The van der Waals surface area contributed by atoms with Crippen molar-refractivity contribution >= 4 is 23.3 Å². The zero-order chi connectivity index (χ0) is 15.9. The Balaban J connectivity index is 2.18. The molecule has 5 heteroatoms. The number of hydrogen-bond acceptors (Lipinski definition) is 3. The van der Waals surface area contributed by atoms with Crippen molar-refractivity contribution in [3.05, 3.63) is 65.7 Å². The molecule has 0 saturated carbocycles. The van der Waals surface area contributed by atoms with Gasteiger partial charge in [-0.25, -0.2) is 0 Å². The Bertz CT molecular complexity index is 696. The zero-order valence-electron chi connectivity index (χ0n) is 12.1. The van der Waals surface area contributed by atoms with E-state index in [0.717, 1.165) is 0 Å². The van der Waals surface area contributed by atoms with Gasteiger partial charge in [-0.3, -0.25) is 14.4 Å². The van der Waals surface area contributed by atoms with Crippen LogP contribution < -0.4 is 10.6 Å². The van der Waals surface area contributed by atoms with Gasteiger partial charge in [0, 0.05) is 18.1 Å². The summed E-state index contributed by atoms with van der Waals surface area (Å²) in [7, 11) is 0. The summed E-state index contributed by atoms with van der Waals surface area (Å²) in [5.41, 5.74) is 1.38. The topological polar surface area (TPSA) is 75.3 Å². The van der Waals surface area contributed by atoms with Gasteiger partial charge in [0.15, 0.2) is 5.78 Å². The van der Waals surface area contributed by atoms with Crippen LogP contribution in [0.5, 0.6) is 0 Å². The number of para-hydroxylation sites is 1. The average molecular weight is 296 g/mol. The molecular formula is C17H16N2O3. The minimum atomic E-state index is -0.386. The summed E-state index contributed by atoms with van der Waals surface area (Å²) in [5.74, 6) is -0.844. The molecule has 0 spiro atoms. The molecule has 0 aliphatic rings. The van der Waals surface area contributed by atoms with Crippen molar-refractivity contribution in [2.75, 3.05) is 11.9 Å². The van der Waals surface area contributed by atoms with Crippen LogP contribution in [-0.4, -0.2) is 24.1 Å². The van der Waals surface area contributed by atoms with E-state index < -0.39 is 0 Å². The molecule has 112 valence electrons. The van der Waals surface area contributed by atoms with E-state index >= 15 is 0 Å². The minimum absolute atomic E-state index is 0.136. The van der Waals surface area contributed by atoms with E-state index in [4.69, 9.17) is 0 Å². The van der Waals surface area contributed by atoms with E-state index in [9.17, 15) is 14.4 Å². The number of carbonyl (C=O) groups excluding carboxylic acids is 3. The molecule has 5 nitrogen and oxygen atoms in total. The fourth-order valence-corrected chi connectivity index (χ4v) is 1.93. The predicted molar refractivity (Wildman–Crippen MR) is 83.6 cm³/mol. The number of rotatable bonds is 5. The van der Waals surface area contributed by atoms with Crippen molar-refractivity contribution in [3.63, 3.8) is 0 Å². The molecule has 0 radical (unpaired) electrons. The molecule has 0 heterocycles. The molecule has 2 amide bonds. The first-order chi connectivity index (χ1) is 10.6. The lowest BCUT2D eigenvalue weighted by molar-refractivity contribution is -0.122. The first-order valence-corrected chi connectivity index (χ1v) is 6.81. The van der Waals surface area contributed by atoms with Crippen LogP contribution in [0.25, 0.3) is 0 Å². The highest BCUT2D eigenvalue weighted by atomic mass is 16.2. The Morgan fingerprint density at radius 1 is 0.909 bits per heavy atom. The molecule has 0 saturated heterocycles. The third kappa shape index (κ3) is 4.02. The van der Waals surface area contributed by atoms with E-state index in [0.29, 0.717) is 16.8 Å². The number of anilines is 1. The number of nitrogens with one attached hydrogen (secondary N) is 2. The zero-order valence-corrected chi connectivity index (χ0v) is 12.1. The van der Waals surface area contributed by atoms with Crippen LogP contribution in [0.15, 0.2) is 54.6 Å². The van der Waals surface area contributed by atoms with Gasteiger partial charge in [-0.2, -0.15) is 0 Å². The maximum absolute atomic E-state index is 12.5. The molecule has 0 unspecified atom stereocenters. The molecule has 0 atom stereocenters. The van der Waals surface area contributed by atoms with Gasteiger partial charge in [-0.1, -0.05) is 42.5 Å². The van der Waals surface area contributed by atoms with Crippen molar-refractivity contribution in [1.29, 1.82) is 0 Å². The van der Waals surface area contributed by atoms with E-state index in [1.54, 1.807) is 48.5 Å². The quantitative estimate of drug-likeness (QED) is 0.829. The molecule has 0 fully saturated rings. The number of benzene rings is 2. The number of carbonyl (C=O) groups is 3. The standard InChI is InChI=1S/C17H16N2O3/c1-12(20)18-11-16(21)19-15-10-6-5-9-14(15)17(22)13-7-3-2-4-8-13/h2-10H,11H2,1H3,(H,18,20)(H,19,21). The van der Waals surface area contributed by atoms with Gasteiger partial charge in [0.05, 0.1) is 12.2 Å². The summed E-state index contributed by atoms with van der Waals surface area (Å²) < 4.78 is 0. The van der Waals surface area contributed by atoms with E-state index in [1.807, 2.05) is 6.07 Å². The monoisotopic (exact) mass is 296 g/mol. The Labute approximate surface area is 128 Å². The van der Waals surface area contributed by atoms with Crippen LogP contribution in [0, 0.1) is 0 Å². The lowest BCUT2D eigenvalue weighted by atomic mass is 10.0. The highest BCUT2D eigenvalue weighted by Crippen LogP contribution is 2.19. The van der Waals surface area contributed by atoms with Gasteiger partial charge < -0.3 is 10.6 Å². The molecule has 2 N–H and O–H groups in total. The Morgan fingerprint density at radius 3 is 2.23 bits per heavy atom. The molecule has 2 rings (SSSR count). The Morgan fingerprint density at radius 2 is 1.55 bits per heavy atom. The van der Waals surface area contributed by atoms with Gasteiger partial charge in [-0.05, 0) is 12.1 Å². The van der Waals surface area contributed by atoms with Crippen molar-refractivity contribution in [3.8, 4) is 0 Å². The molecule has 2 aromatic carbocycles. The SMILES string of the molecule is CC(=O)NCC(=O)Nc1ccccc1C(=O)c1ccccc1. The number of ketones is 1. The third-order valence-electron chi connectivity index (χ3n) is 2.98. The fraction of sp³-hybridized carbons (Fsp3) is 0.118. The average Bonchev–Trinajstić information content (AvgIpc) is 2.53. The summed E-state index contributed by atoms with van der Waals surface area (Å²) in [6.45, 7) is 1.20. The maximum Gasteiger partial charge on any atom is 0.243 e.